The first-order chi connectivity index (χ1) is 12.6. The van der Waals surface area contributed by atoms with Gasteiger partial charge in [-0.25, -0.2) is 4.98 Å². The van der Waals surface area contributed by atoms with Crippen molar-refractivity contribution in [2.45, 2.75) is 37.6 Å². The fraction of sp³-hybridized carbons (Fsp3) is 0.350. The molecule has 0 radical (unpaired) electrons. The Morgan fingerprint density at radius 2 is 2.27 bits per heavy atom. The van der Waals surface area contributed by atoms with Crippen molar-refractivity contribution < 1.29 is 4.79 Å². The molecule has 1 aliphatic carbocycles. The van der Waals surface area contributed by atoms with Crippen LogP contribution < -0.4 is 5.32 Å². The number of nitrogens with one attached hydrogen (secondary N) is 1. The molecule has 26 heavy (non-hydrogen) atoms. The maximum Gasteiger partial charge on any atom is 0.225 e. The van der Waals surface area contributed by atoms with Gasteiger partial charge in [-0.3, -0.25) is 4.79 Å². The first-order valence-corrected chi connectivity index (χ1v) is 10.0. The Hall–Kier alpha value is -2.03. The van der Waals surface area contributed by atoms with Crippen molar-refractivity contribution in [2.24, 2.45) is 5.92 Å². The predicted octanol–water partition coefficient (Wildman–Crippen LogP) is 4.85. The van der Waals surface area contributed by atoms with E-state index < -0.39 is 0 Å². The zero-order chi connectivity index (χ0) is 18.5. The molecule has 0 bridgehead atoms. The Bertz CT molecular complexity index is 863. The van der Waals surface area contributed by atoms with Crippen molar-refractivity contribution in [3.8, 4) is 6.07 Å². The summed E-state index contributed by atoms with van der Waals surface area (Å²) in [5.74, 6) is 1.10. The van der Waals surface area contributed by atoms with Crippen molar-refractivity contribution in [1.29, 1.82) is 5.26 Å². The van der Waals surface area contributed by atoms with Gasteiger partial charge in [-0.15, -0.1) is 11.8 Å². The Morgan fingerprint density at radius 3 is 3.04 bits per heavy atom. The van der Waals surface area contributed by atoms with Gasteiger partial charge in [-0.05, 0) is 48.9 Å². The van der Waals surface area contributed by atoms with Crippen LogP contribution in [0.3, 0.4) is 0 Å². The van der Waals surface area contributed by atoms with Crippen LogP contribution in [-0.4, -0.2) is 16.6 Å². The lowest BCUT2D eigenvalue weighted by atomic mass is 9.87. The topological polar surface area (TPSA) is 65.8 Å². The molecule has 1 amide bonds. The van der Waals surface area contributed by atoms with Crippen molar-refractivity contribution in [1.82, 2.24) is 4.98 Å². The average molecular weight is 386 g/mol. The van der Waals surface area contributed by atoms with Crippen molar-refractivity contribution in [3.63, 3.8) is 0 Å². The van der Waals surface area contributed by atoms with E-state index >= 15 is 0 Å². The first kappa shape index (κ1) is 18.8. The number of carbonyl (C=O) groups excluding carboxylic acids is 1. The minimum Gasteiger partial charge on any atom is -0.325 e. The molecular weight excluding hydrogens is 366 g/mol. The summed E-state index contributed by atoms with van der Waals surface area (Å²) in [6, 6.07) is 11.4. The van der Waals surface area contributed by atoms with Gasteiger partial charge in [0, 0.05) is 17.9 Å². The van der Waals surface area contributed by atoms with Crippen LogP contribution in [0.25, 0.3) is 0 Å². The minimum atomic E-state index is -0.101. The molecule has 1 N–H and O–H groups in total. The highest BCUT2D eigenvalue weighted by Crippen LogP contribution is 2.29. The molecule has 1 heterocycles. The summed E-state index contributed by atoms with van der Waals surface area (Å²) in [4.78, 5) is 16.8. The zero-order valence-electron chi connectivity index (χ0n) is 14.6. The number of anilines is 1. The number of halogens is 1. The third-order valence-electron chi connectivity index (χ3n) is 4.43. The van der Waals surface area contributed by atoms with E-state index in [0.29, 0.717) is 34.4 Å². The summed E-state index contributed by atoms with van der Waals surface area (Å²) in [7, 11) is 0. The number of pyridine rings is 1. The molecule has 0 saturated heterocycles. The molecule has 1 unspecified atom stereocenters. The molecule has 1 atom stereocenters. The largest absolute Gasteiger partial charge is 0.325 e. The summed E-state index contributed by atoms with van der Waals surface area (Å²) >= 11 is 7.51. The van der Waals surface area contributed by atoms with Crippen LogP contribution >= 0.6 is 23.4 Å². The van der Waals surface area contributed by atoms with Gasteiger partial charge in [0.05, 0.1) is 16.3 Å². The smallest absolute Gasteiger partial charge is 0.225 e. The van der Waals surface area contributed by atoms with Gasteiger partial charge in [-0.1, -0.05) is 30.7 Å². The predicted molar refractivity (Wildman–Crippen MR) is 106 cm³/mol. The molecule has 134 valence electrons. The average Bonchev–Trinajstić information content (AvgIpc) is 2.63. The summed E-state index contributed by atoms with van der Waals surface area (Å²) in [5, 5.41) is 13.5. The summed E-state index contributed by atoms with van der Waals surface area (Å²) < 4.78 is 0. The molecule has 0 spiro atoms. The summed E-state index contributed by atoms with van der Waals surface area (Å²) in [6.07, 6.45) is 3.41. The van der Waals surface area contributed by atoms with Crippen LogP contribution in [0.1, 0.15) is 36.6 Å². The number of rotatable bonds is 5. The van der Waals surface area contributed by atoms with Crippen LogP contribution in [0.5, 0.6) is 0 Å². The van der Waals surface area contributed by atoms with Gasteiger partial charge in [0.1, 0.15) is 11.1 Å². The Labute approximate surface area is 163 Å². The SMILES string of the molecule is CC1CCc2nc(SCCC(=O)Nc3ccccc3Cl)c(C#N)cc2C1. The van der Waals surface area contributed by atoms with E-state index in [9.17, 15) is 10.1 Å². The van der Waals surface area contributed by atoms with Crippen molar-refractivity contribution >= 4 is 35.0 Å². The number of thioether (sulfide) groups is 1. The molecule has 2 aromatic rings. The molecule has 4 nitrogen and oxygen atoms in total. The molecular formula is C20H20ClN3OS. The Morgan fingerprint density at radius 1 is 1.46 bits per heavy atom. The highest BCUT2D eigenvalue weighted by Gasteiger charge is 2.19. The van der Waals surface area contributed by atoms with E-state index in [4.69, 9.17) is 16.6 Å². The molecule has 1 aromatic carbocycles. The third kappa shape index (κ3) is 4.57. The monoisotopic (exact) mass is 385 g/mol. The van der Waals surface area contributed by atoms with Crippen LogP contribution in [0, 0.1) is 17.2 Å². The molecule has 1 aliphatic rings. The van der Waals surface area contributed by atoms with Gasteiger partial charge >= 0.3 is 0 Å². The molecule has 0 aliphatic heterocycles. The van der Waals surface area contributed by atoms with Crippen molar-refractivity contribution in [2.75, 3.05) is 11.1 Å². The molecule has 6 heteroatoms. The van der Waals surface area contributed by atoms with E-state index in [-0.39, 0.29) is 5.91 Å². The molecule has 0 saturated carbocycles. The molecule has 1 aromatic heterocycles. The number of amides is 1. The van der Waals surface area contributed by atoms with E-state index in [2.05, 4.69) is 18.3 Å². The maximum atomic E-state index is 12.1. The highest BCUT2D eigenvalue weighted by atomic mass is 35.5. The highest BCUT2D eigenvalue weighted by molar-refractivity contribution is 7.99. The number of carbonyl (C=O) groups is 1. The van der Waals surface area contributed by atoms with Crippen LogP contribution in [0.15, 0.2) is 35.4 Å². The number of aromatic nitrogens is 1. The Balaban J connectivity index is 1.60. The number of benzene rings is 1. The second-order valence-corrected chi connectivity index (χ2v) is 8.02. The van der Waals surface area contributed by atoms with Crippen molar-refractivity contribution in [3.05, 3.63) is 52.2 Å². The normalized spacial score (nSPS) is 15.8. The number of hydrogen-bond acceptors (Lipinski definition) is 4. The second-order valence-electron chi connectivity index (χ2n) is 6.53. The number of para-hydroxylation sites is 1. The Kier molecular flexibility index (Phi) is 6.18. The maximum absolute atomic E-state index is 12.1. The van der Waals surface area contributed by atoms with E-state index in [1.165, 1.54) is 17.3 Å². The van der Waals surface area contributed by atoms with Gasteiger partial charge < -0.3 is 5.32 Å². The third-order valence-corrected chi connectivity index (χ3v) is 5.76. The fourth-order valence-corrected chi connectivity index (χ4v) is 4.13. The van der Waals surface area contributed by atoms with Gasteiger partial charge in [0.2, 0.25) is 5.91 Å². The molecule has 0 fully saturated rings. The zero-order valence-corrected chi connectivity index (χ0v) is 16.2. The van der Waals surface area contributed by atoms with Crippen LogP contribution in [0.2, 0.25) is 5.02 Å². The number of nitriles is 1. The number of aryl methyl sites for hydroxylation is 1. The number of fused-ring (bicyclic) bond motifs is 1. The van der Waals surface area contributed by atoms with Crippen LogP contribution in [0.4, 0.5) is 5.69 Å². The quantitative estimate of drug-likeness (QED) is 0.747. The van der Waals surface area contributed by atoms with Gasteiger partial charge in [-0.2, -0.15) is 5.26 Å². The van der Waals surface area contributed by atoms with Crippen LogP contribution in [-0.2, 0) is 17.6 Å². The summed E-state index contributed by atoms with van der Waals surface area (Å²) in [6.45, 7) is 2.23. The lowest BCUT2D eigenvalue weighted by Gasteiger charge is -2.21. The standard InChI is InChI=1S/C20H20ClN3OS/c1-13-6-7-17-14(10-13)11-15(12-22)20(24-17)26-9-8-19(25)23-18-5-3-2-4-16(18)21/h2-5,11,13H,6-10H2,1H3,(H,23,25). The fourth-order valence-electron chi connectivity index (χ4n) is 3.03. The lowest BCUT2D eigenvalue weighted by Crippen LogP contribution is -2.14. The lowest BCUT2D eigenvalue weighted by molar-refractivity contribution is -0.115. The second kappa shape index (κ2) is 8.57. The number of hydrogen-bond donors (Lipinski definition) is 1. The van der Waals surface area contributed by atoms with E-state index in [1.807, 2.05) is 18.2 Å². The number of nitrogens with zero attached hydrogens (tertiary/aromatic N) is 2. The first-order valence-electron chi connectivity index (χ1n) is 8.67. The summed E-state index contributed by atoms with van der Waals surface area (Å²) in [5.41, 5.74) is 3.52. The van der Waals surface area contributed by atoms with E-state index in [1.54, 1.807) is 12.1 Å². The van der Waals surface area contributed by atoms with Gasteiger partial charge in [0.25, 0.3) is 0 Å². The van der Waals surface area contributed by atoms with Gasteiger partial charge in [0.15, 0.2) is 0 Å². The minimum absolute atomic E-state index is 0.101. The van der Waals surface area contributed by atoms with E-state index in [0.717, 1.165) is 30.0 Å². The molecule has 3 rings (SSSR count).